The highest BCUT2D eigenvalue weighted by Crippen LogP contribution is 2.32. The SMILES string of the molecule is CNc1cc([C@H]2CC(=O)N(C)C2)nc(C2CCN(C(=O)CC(C)(C)C)CC2)n1. The zero-order valence-corrected chi connectivity index (χ0v) is 17.8. The minimum absolute atomic E-state index is 0.0128. The maximum atomic E-state index is 12.5. The maximum absolute atomic E-state index is 12.5. The molecule has 1 N–H and O–H groups in total. The lowest BCUT2D eigenvalue weighted by Crippen LogP contribution is -2.39. The van der Waals surface area contributed by atoms with E-state index < -0.39 is 0 Å². The van der Waals surface area contributed by atoms with Crippen LogP contribution in [0.2, 0.25) is 0 Å². The zero-order valence-electron chi connectivity index (χ0n) is 17.8. The van der Waals surface area contributed by atoms with Gasteiger partial charge in [-0.1, -0.05) is 20.8 Å². The second kappa shape index (κ2) is 8.05. The second-order valence-electron chi connectivity index (χ2n) is 9.35. The second-order valence-corrected chi connectivity index (χ2v) is 9.35. The number of anilines is 1. The van der Waals surface area contributed by atoms with Crippen molar-refractivity contribution in [1.82, 2.24) is 19.8 Å². The molecule has 7 nitrogen and oxygen atoms in total. The Kier molecular flexibility index (Phi) is 5.91. The van der Waals surface area contributed by atoms with Gasteiger partial charge in [-0.05, 0) is 18.3 Å². The number of amides is 2. The number of aromatic nitrogens is 2. The Morgan fingerprint density at radius 1 is 1.21 bits per heavy atom. The van der Waals surface area contributed by atoms with Crippen molar-refractivity contribution in [1.29, 1.82) is 0 Å². The van der Waals surface area contributed by atoms with E-state index in [1.165, 1.54) is 0 Å². The lowest BCUT2D eigenvalue weighted by atomic mass is 9.90. The van der Waals surface area contributed by atoms with E-state index in [1.807, 2.05) is 25.1 Å². The topological polar surface area (TPSA) is 78.4 Å². The van der Waals surface area contributed by atoms with Crippen LogP contribution in [0.1, 0.15) is 69.8 Å². The molecule has 2 fully saturated rings. The van der Waals surface area contributed by atoms with Crippen molar-refractivity contribution in [2.75, 3.05) is 39.0 Å². The molecule has 2 aliphatic rings. The summed E-state index contributed by atoms with van der Waals surface area (Å²) in [6.07, 6.45) is 2.85. The Bertz CT molecular complexity index is 735. The fourth-order valence-electron chi connectivity index (χ4n) is 4.02. The van der Waals surface area contributed by atoms with Crippen molar-refractivity contribution in [2.45, 2.75) is 58.3 Å². The lowest BCUT2D eigenvalue weighted by molar-refractivity contribution is -0.134. The summed E-state index contributed by atoms with van der Waals surface area (Å²) < 4.78 is 0. The van der Waals surface area contributed by atoms with Crippen LogP contribution in [0, 0.1) is 5.41 Å². The highest BCUT2D eigenvalue weighted by molar-refractivity contribution is 5.79. The van der Waals surface area contributed by atoms with Gasteiger partial charge in [0.05, 0.1) is 5.69 Å². The predicted octanol–water partition coefficient (Wildman–Crippen LogP) is 2.61. The van der Waals surface area contributed by atoms with Crippen LogP contribution in [0.4, 0.5) is 5.82 Å². The van der Waals surface area contributed by atoms with Gasteiger partial charge >= 0.3 is 0 Å². The van der Waals surface area contributed by atoms with Gasteiger partial charge in [0.15, 0.2) is 0 Å². The molecule has 0 unspecified atom stereocenters. The van der Waals surface area contributed by atoms with Crippen LogP contribution in [0.25, 0.3) is 0 Å². The number of nitrogens with zero attached hydrogens (tertiary/aromatic N) is 4. The number of hydrogen-bond donors (Lipinski definition) is 1. The maximum Gasteiger partial charge on any atom is 0.223 e. The number of carbonyl (C=O) groups excluding carboxylic acids is 2. The van der Waals surface area contributed by atoms with E-state index in [-0.39, 0.29) is 29.1 Å². The van der Waals surface area contributed by atoms with Gasteiger partial charge in [-0.2, -0.15) is 0 Å². The Labute approximate surface area is 167 Å². The first-order valence-electron chi connectivity index (χ1n) is 10.2. The molecule has 1 atom stereocenters. The van der Waals surface area contributed by atoms with Crippen LogP contribution < -0.4 is 5.32 Å². The lowest BCUT2D eigenvalue weighted by Gasteiger charge is -2.33. The largest absolute Gasteiger partial charge is 0.373 e. The molecule has 0 bridgehead atoms. The van der Waals surface area contributed by atoms with Gasteiger partial charge in [0.1, 0.15) is 11.6 Å². The molecular formula is C21H33N5O2. The molecule has 1 aromatic heterocycles. The summed E-state index contributed by atoms with van der Waals surface area (Å²) in [6.45, 7) is 8.52. The first-order valence-corrected chi connectivity index (χ1v) is 10.2. The smallest absolute Gasteiger partial charge is 0.223 e. The number of carbonyl (C=O) groups is 2. The summed E-state index contributed by atoms with van der Waals surface area (Å²) in [5.41, 5.74) is 0.956. The van der Waals surface area contributed by atoms with E-state index >= 15 is 0 Å². The molecule has 1 aromatic rings. The number of piperidine rings is 1. The molecule has 0 radical (unpaired) electrons. The molecule has 2 aliphatic heterocycles. The Morgan fingerprint density at radius 2 is 1.89 bits per heavy atom. The summed E-state index contributed by atoms with van der Waals surface area (Å²) in [7, 11) is 3.70. The van der Waals surface area contributed by atoms with Gasteiger partial charge in [0.25, 0.3) is 0 Å². The molecule has 2 amide bonds. The number of hydrogen-bond acceptors (Lipinski definition) is 5. The van der Waals surface area contributed by atoms with Crippen LogP contribution in [-0.2, 0) is 9.59 Å². The molecule has 0 saturated carbocycles. The standard InChI is InChI=1S/C21H33N5O2/c1-21(2,3)12-19(28)26-8-6-14(7-9-26)20-23-16(11-17(22-4)24-20)15-10-18(27)25(5)13-15/h11,14-15H,6-10,12-13H2,1-5H3,(H,22,23,24)/t15-/m0/s1. The summed E-state index contributed by atoms with van der Waals surface area (Å²) >= 11 is 0. The first kappa shape index (κ1) is 20.6. The van der Waals surface area contributed by atoms with Gasteiger partial charge in [-0.25, -0.2) is 9.97 Å². The van der Waals surface area contributed by atoms with E-state index in [9.17, 15) is 9.59 Å². The third-order valence-corrected chi connectivity index (χ3v) is 5.67. The summed E-state index contributed by atoms with van der Waals surface area (Å²) in [5.74, 6) is 2.42. The van der Waals surface area contributed by atoms with Crippen molar-refractivity contribution in [3.8, 4) is 0 Å². The van der Waals surface area contributed by atoms with Crippen LogP contribution in [0.15, 0.2) is 6.07 Å². The molecule has 154 valence electrons. The highest BCUT2D eigenvalue weighted by atomic mass is 16.2. The van der Waals surface area contributed by atoms with Crippen LogP contribution in [-0.4, -0.2) is 65.3 Å². The van der Waals surface area contributed by atoms with Crippen molar-refractivity contribution < 1.29 is 9.59 Å². The average Bonchev–Trinajstić information content (AvgIpc) is 2.99. The van der Waals surface area contributed by atoms with Gasteiger partial charge < -0.3 is 15.1 Å². The molecule has 28 heavy (non-hydrogen) atoms. The Hall–Kier alpha value is -2.18. The Balaban J connectivity index is 1.70. The third-order valence-electron chi connectivity index (χ3n) is 5.67. The number of nitrogens with one attached hydrogen (secondary N) is 1. The van der Waals surface area contributed by atoms with Crippen molar-refractivity contribution in [3.63, 3.8) is 0 Å². The Morgan fingerprint density at radius 3 is 2.43 bits per heavy atom. The number of likely N-dealkylation sites (tertiary alicyclic amines) is 2. The predicted molar refractivity (Wildman–Crippen MR) is 109 cm³/mol. The van der Waals surface area contributed by atoms with Crippen molar-refractivity contribution in [2.24, 2.45) is 5.41 Å². The summed E-state index contributed by atoms with van der Waals surface area (Å²) in [6, 6.07) is 1.96. The summed E-state index contributed by atoms with van der Waals surface area (Å²) in [5, 5.41) is 3.13. The van der Waals surface area contributed by atoms with E-state index in [0.717, 1.165) is 43.3 Å². The minimum Gasteiger partial charge on any atom is -0.373 e. The summed E-state index contributed by atoms with van der Waals surface area (Å²) in [4.78, 5) is 37.7. The highest BCUT2D eigenvalue weighted by Gasteiger charge is 2.32. The van der Waals surface area contributed by atoms with Crippen LogP contribution in [0.5, 0.6) is 0 Å². The minimum atomic E-state index is 0.0128. The van der Waals surface area contributed by atoms with Crippen LogP contribution in [0.3, 0.4) is 0 Å². The molecule has 3 rings (SSSR count). The zero-order chi connectivity index (χ0) is 20.5. The molecule has 2 saturated heterocycles. The number of likely N-dealkylation sites (N-methyl/N-ethyl adjacent to an activating group) is 1. The van der Waals surface area contributed by atoms with Crippen LogP contribution >= 0.6 is 0 Å². The van der Waals surface area contributed by atoms with Gasteiger partial charge in [-0.15, -0.1) is 0 Å². The molecular weight excluding hydrogens is 354 g/mol. The fraction of sp³-hybridized carbons (Fsp3) is 0.714. The molecule has 0 aliphatic carbocycles. The normalized spacial score (nSPS) is 21.3. The quantitative estimate of drug-likeness (QED) is 0.859. The van der Waals surface area contributed by atoms with E-state index in [0.29, 0.717) is 19.4 Å². The molecule has 0 aromatic carbocycles. The molecule has 3 heterocycles. The van der Waals surface area contributed by atoms with E-state index in [2.05, 4.69) is 26.1 Å². The van der Waals surface area contributed by atoms with E-state index in [1.54, 1.807) is 4.90 Å². The third kappa shape index (κ3) is 4.80. The molecule has 7 heteroatoms. The van der Waals surface area contributed by atoms with Gasteiger partial charge in [0, 0.05) is 64.5 Å². The monoisotopic (exact) mass is 387 g/mol. The molecule has 0 spiro atoms. The van der Waals surface area contributed by atoms with Gasteiger partial charge in [0.2, 0.25) is 11.8 Å². The van der Waals surface area contributed by atoms with Gasteiger partial charge in [-0.3, -0.25) is 9.59 Å². The van der Waals surface area contributed by atoms with Crippen molar-refractivity contribution >= 4 is 17.6 Å². The van der Waals surface area contributed by atoms with E-state index in [4.69, 9.17) is 9.97 Å². The van der Waals surface area contributed by atoms with Crippen molar-refractivity contribution in [3.05, 3.63) is 17.6 Å². The average molecular weight is 388 g/mol. The number of rotatable bonds is 4. The first-order chi connectivity index (χ1) is 13.2. The fourth-order valence-corrected chi connectivity index (χ4v) is 4.02.